The Balaban J connectivity index is 2.23. The van der Waals surface area contributed by atoms with Crippen molar-refractivity contribution in [3.8, 4) is 6.07 Å². The summed E-state index contributed by atoms with van der Waals surface area (Å²) in [5, 5.41) is 9.10. The van der Waals surface area contributed by atoms with Crippen molar-refractivity contribution in [2.45, 2.75) is 38.6 Å². The second-order valence-electron chi connectivity index (χ2n) is 5.31. The van der Waals surface area contributed by atoms with Gasteiger partial charge < -0.3 is 4.90 Å². The predicted octanol–water partition coefficient (Wildman–Crippen LogP) is 3.71. The van der Waals surface area contributed by atoms with Crippen LogP contribution in [0.25, 0.3) is 0 Å². The molecule has 1 fully saturated rings. The second kappa shape index (κ2) is 5.39. The average molecular weight is 246 g/mol. The van der Waals surface area contributed by atoms with Gasteiger partial charge in [-0.25, -0.2) is 4.39 Å². The maximum atomic E-state index is 13.1. The van der Waals surface area contributed by atoms with Crippen LogP contribution in [0, 0.1) is 23.1 Å². The highest BCUT2D eigenvalue weighted by molar-refractivity contribution is 5.59. The monoisotopic (exact) mass is 246 g/mol. The van der Waals surface area contributed by atoms with Crippen molar-refractivity contribution >= 4 is 5.69 Å². The Bertz CT molecular complexity index is 464. The van der Waals surface area contributed by atoms with Crippen molar-refractivity contribution in [1.82, 2.24) is 0 Å². The molecular weight excluding hydrogens is 227 g/mol. The zero-order chi connectivity index (χ0) is 13.1. The van der Waals surface area contributed by atoms with Gasteiger partial charge >= 0.3 is 0 Å². The smallest absolute Gasteiger partial charge is 0.124 e. The number of halogens is 1. The van der Waals surface area contributed by atoms with Crippen molar-refractivity contribution in [1.29, 1.82) is 5.26 Å². The van der Waals surface area contributed by atoms with Gasteiger partial charge in [-0.15, -0.1) is 0 Å². The lowest BCUT2D eigenvalue weighted by Crippen LogP contribution is -2.36. The van der Waals surface area contributed by atoms with Gasteiger partial charge in [-0.1, -0.05) is 19.8 Å². The quantitative estimate of drug-likeness (QED) is 0.795. The Morgan fingerprint density at radius 2 is 2.17 bits per heavy atom. The van der Waals surface area contributed by atoms with E-state index in [1.807, 2.05) is 7.05 Å². The molecule has 1 aliphatic rings. The number of rotatable bonds is 2. The molecule has 0 radical (unpaired) electrons. The first-order chi connectivity index (χ1) is 8.61. The molecule has 1 aliphatic carbocycles. The van der Waals surface area contributed by atoms with Gasteiger partial charge in [0.15, 0.2) is 0 Å². The second-order valence-corrected chi connectivity index (χ2v) is 5.31. The molecule has 18 heavy (non-hydrogen) atoms. The van der Waals surface area contributed by atoms with Gasteiger partial charge in [0.2, 0.25) is 0 Å². The summed E-state index contributed by atoms with van der Waals surface area (Å²) in [5.74, 6) is 0.387. The van der Waals surface area contributed by atoms with Crippen LogP contribution in [0.5, 0.6) is 0 Å². The van der Waals surface area contributed by atoms with Crippen LogP contribution >= 0.6 is 0 Å². The lowest BCUT2D eigenvalue weighted by Gasteiger charge is -2.36. The molecule has 1 aromatic rings. The largest absolute Gasteiger partial charge is 0.371 e. The predicted molar refractivity (Wildman–Crippen MR) is 70.9 cm³/mol. The summed E-state index contributed by atoms with van der Waals surface area (Å²) in [4.78, 5) is 2.15. The number of nitrogens with zero attached hydrogens (tertiary/aromatic N) is 2. The van der Waals surface area contributed by atoms with E-state index in [1.54, 1.807) is 6.07 Å². The van der Waals surface area contributed by atoms with Crippen LogP contribution in [0.4, 0.5) is 10.1 Å². The number of benzene rings is 1. The fourth-order valence-electron chi connectivity index (χ4n) is 2.86. The molecule has 3 heteroatoms. The molecule has 96 valence electrons. The first-order valence-corrected chi connectivity index (χ1v) is 6.54. The van der Waals surface area contributed by atoms with Crippen molar-refractivity contribution in [2.75, 3.05) is 11.9 Å². The van der Waals surface area contributed by atoms with E-state index in [0.29, 0.717) is 11.6 Å². The van der Waals surface area contributed by atoms with Crippen LogP contribution in [-0.4, -0.2) is 13.1 Å². The molecule has 0 saturated heterocycles. The molecule has 1 saturated carbocycles. The van der Waals surface area contributed by atoms with Crippen LogP contribution in [0.1, 0.15) is 38.2 Å². The summed E-state index contributed by atoms with van der Waals surface area (Å²) in [7, 11) is 2.01. The fraction of sp³-hybridized carbons (Fsp3) is 0.533. The highest BCUT2D eigenvalue weighted by Crippen LogP contribution is 2.31. The Kier molecular flexibility index (Phi) is 3.86. The first-order valence-electron chi connectivity index (χ1n) is 6.54. The van der Waals surface area contributed by atoms with Gasteiger partial charge in [0.25, 0.3) is 0 Å². The van der Waals surface area contributed by atoms with Crippen LogP contribution in [0.15, 0.2) is 18.2 Å². The zero-order valence-electron chi connectivity index (χ0n) is 11.0. The average Bonchev–Trinajstić information content (AvgIpc) is 2.37. The molecule has 2 nitrogen and oxygen atoms in total. The molecule has 2 atom stereocenters. The van der Waals surface area contributed by atoms with Crippen LogP contribution in [0.2, 0.25) is 0 Å². The Morgan fingerprint density at radius 3 is 2.83 bits per heavy atom. The minimum absolute atomic E-state index is 0.347. The number of nitriles is 1. The third kappa shape index (κ3) is 2.64. The number of anilines is 1. The fourth-order valence-corrected chi connectivity index (χ4v) is 2.86. The summed E-state index contributed by atoms with van der Waals surface area (Å²) in [6.45, 7) is 2.27. The highest BCUT2D eigenvalue weighted by Gasteiger charge is 2.23. The Hall–Kier alpha value is -1.56. The first kappa shape index (κ1) is 12.9. The molecule has 0 amide bonds. The molecule has 0 bridgehead atoms. The minimum atomic E-state index is -0.347. The van der Waals surface area contributed by atoms with Gasteiger partial charge in [0.05, 0.1) is 11.3 Å². The molecule has 1 aromatic carbocycles. The highest BCUT2D eigenvalue weighted by atomic mass is 19.1. The van der Waals surface area contributed by atoms with Crippen LogP contribution in [0.3, 0.4) is 0 Å². The SMILES string of the molecule is CC1CCCC(N(C)c2ccc(F)cc2C#N)C1. The lowest BCUT2D eigenvalue weighted by atomic mass is 9.86. The standard InChI is InChI=1S/C15H19FN2/c1-11-4-3-5-14(8-11)18(2)15-7-6-13(16)9-12(15)10-17/h6-7,9,11,14H,3-5,8H2,1-2H3. The van der Waals surface area contributed by atoms with Crippen molar-refractivity contribution in [3.63, 3.8) is 0 Å². The van der Waals surface area contributed by atoms with E-state index >= 15 is 0 Å². The summed E-state index contributed by atoms with van der Waals surface area (Å²) >= 11 is 0. The van der Waals surface area contributed by atoms with E-state index in [9.17, 15) is 4.39 Å². The normalized spacial score (nSPS) is 23.4. The number of hydrogen-bond donors (Lipinski definition) is 0. The lowest BCUT2D eigenvalue weighted by molar-refractivity contribution is 0.336. The Morgan fingerprint density at radius 1 is 1.39 bits per heavy atom. The summed E-state index contributed by atoms with van der Waals surface area (Å²) in [5.41, 5.74) is 1.27. The van der Waals surface area contributed by atoms with Crippen molar-refractivity contribution in [2.24, 2.45) is 5.92 Å². The summed E-state index contributed by atoms with van der Waals surface area (Å²) in [6.07, 6.45) is 4.83. The molecule has 0 aliphatic heterocycles. The van der Waals surface area contributed by atoms with Gasteiger partial charge in [-0.05, 0) is 37.0 Å². The zero-order valence-corrected chi connectivity index (χ0v) is 11.0. The van der Waals surface area contributed by atoms with Gasteiger partial charge in [0.1, 0.15) is 11.9 Å². The van der Waals surface area contributed by atoms with Crippen molar-refractivity contribution in [3.05, 3.63) is 29.6 Å². The topological polar surface area (TPSA) is 27.0 Å². The summed E-state index contributed by atoms with van der Waals surface area (Å²) in [6, 6.07) is 7.01. The molecule has 0 N–H and O–H groups in total. The molecule has 2 rings (SSSR count). The van der Waals surface area contributed by atoms with Crippen LogP contribution < -0.4 is 4.90 Å². The van der Waals surface area contributed by atoms with E-state index in [4.69, 9.17) is 5.26 Å². The van der Waals surface area contributed by atoms with Gasteiger partial charge in [-0.2, -0.15) is 5.26 Å². The maximum Gasteiger partial charge on any atom is 0.124 e. The Labute approximate surface area is 108 Å². The minimum Gasteiger partial charge on any atom is -0.371 e. The van der Waals surface area contributed by atoms with E-state index in [1.165, 1.54) is 25.0 Å². The maximum absolute atomic E-state index is 13.1. The summed E-state index contributed by atoms with van der Waals surface area (Å²) < 4.78 is 13.1. The third-order valence-corrected chi connectivity index (χ3v) is 3.92. The van der Waals surface area contributed by atoms with Crippen LogP contribution in [-0.2, 0) is 0 Å². The van der Waals surface area contributed by atoms with E-state index in [-0.39, 0.29) is 5.82 Å². The van der Waals surface area contributed by atoms with Gasteiger partial charge in [-0.3, -0.25) is 0 Å². The van der Waals surface area contributed by atoms with Crippen molar-refractivity contribution < 1.29 is 4.39 Å². The van der Waals surface area contributed by atoms with E-state index in [2.05, 4.69) is 17.9 Å². The number of hydrogen-bond acceptors (Lipinski definition) is 2. The molecule has 0 aromatic heterocycles. The van der Waals surface area contributed by atoms with E-state index in [0.717, 1.165) is 24.4 Å². The third-order valence-electron chi connectivity index (χ3n) is 3.92. The molecule has 0 heterocycles. The molecule has 0 spiro atoms. The molecule has 2 unspecified atom stereocenters. The van der Waals surface area contributed by atoms with E-state index < -0.39 is 0 Å². The van der Waals surface area contributed by atoms with Gasteiger partial charge in [0, 0.05) is 13.1 Å². The molecular formula is C15H19FN2.